The predicted octanol–water partition coefficient (Wildman–Crippen LogP) is 4.67. The van der Waals surface area contributed by atoms with Crippen molar-refractivity contribution in [2.24, 2.45) is 5.41 Å². The average molecular weight is 526 g/mol. The molecular formula is C32H39N5O2. The molecule has 3 aromatic rings. The van der Waals surface area contributed by atoms with Crippen LogP contribution in [0.5, 0.6) is 0 Å². The molecule has 1 spiro atoms. The Labute approximate surface area is 231 Å². The summed E-state index contributed by atoms with van der Waals surface area (Å²) in [7, 11) is 1.95. The molecule has 2 aromatic carbocycles. The van der Waals surface area contributed by atoms with Gasteiger partial charge in [0.2, 0.25) is 11.8 Å². The summed E-state index contributed by atoms with van der Waals surface area (Å²) in [5, 5.41) is 9.38. The van der Waals surface area contributed by atoms with Crippen molar-refractivity contribution in [3.05, 3.63) is 88.6 Å². The normalized spacial score (nSPS) is 18.7. The molecule has 7 nitrogen and oxygen atoms in total. The summed E-state index contributed by atoms with van der Waals surface area (Å²) in [5.41, 5.74) is 5.84. The number of carbonyl (C=O) groups excluding carboxylic acids is 2. The van der Waals surface area contributed by atoms with E-state index >= 15 is 0 Å². The molecule has 39 heavy (non-hydrogen) atoms. The Morgan fingerprint density at radius 1 is 1.08 bits per heavy atom. The van der Waals surface area contributed by atoms with Crippen LogP contribution in [-0.2, 0) is 40.9 Å². The number of fused-ring (bicyclic) bond motifs is 3. The third-order valence-corrected chi connectivity index (χ3v) is 7.91. The smallest absolute Gasteiger partial charge is 0.241 e. The summed E-state index contributed by atoms with van der Waals surface area (Å²) in [6.45, 7) is 10.9. The molecule has 7 heteroatoms. The van der Waals surface area contributed by atoms with Crippen molar-refractivity contribution in [1.29, 1.82) is 0 Å². The van der Waals surface area contributed by atoms with Gasteiger partial charge in [0.15, 0.2) is 0 Å². The zero-order chi connectivity index (χ0) is 27.8. The van der Waals surface area contributed by atoms with Gasteiger partial charge in [-0.25, -0.2) is 4.98 Å². The Kier molecular flexibility index (Phi) is 7.31. The number of carbonyl (C=O) groups is 2. The largest absolute Gasteiger partial charge is 0.325 e. The molecule has 0 bridgehead atoms. The quantitative estimate of drug-likeness (QED) is 0.398. The van der Waals surface area contributed by atoms with Crippen molar-refractivity contribution >= 4 is 23.3 Å². The van der Waals surface area contributed by atoms with Gasteiger partial charge in [0.1, 0.15) is 5.82 Å². The number of nitrogens with one attached hydrogen (secondary N) is 3. The Morgan fingerprint density at radius 3 is 2.56 bits per heavy atom. The second-order valence-corrected chi connectivity index (χ2v) is 12.2. The highest BCUT2D eigenvalue weighted by Crippen LogP contribution is 2.47. The van der Waals surface area contributed by atoms with Crippen LogP contribution < -0.4 is 16.0 Å². The number of benzene rings is 2. The molecule has 1 unspecified atom stereocenters. The summed E-state index contributed by atoms with van der Waals surface area (Å²) >= 11 is 0. The first kappa shape index (κ1) is 27.0. The Hall–Kier alpha value is -3.55. The van der Waals surface area contributed by atoms with Crippen LogP contribution >= 0.6 is 0 Å². The topological polar surface area (TPSA) is 86.4 Å². The van der Waals surface area contributed by atoms with Crippen LogP contribution in [0.15, 0.2) is 60.8 Å². The third-order valence-electron chi connectivity index (χ3n) is 7.91. The lowest BCUT2D eigenvalue weighted by atomic mass is 9.79. The van der Waals surface area contributed by atoms with Crippen LogP contribution in [0.4, 0.5) is 11.5 Å². The van der Waals surface area contributed by atoms with Crippen LogP contribution in [0.3, 0.4) is 0 Å². The zero-order valence-corrected chi connectivity index (χ0v) is 23.6. The molecule has 2 heterocycles. The van der Waals surface area contributed by atoms with Gasteiger partial charge in [-0.1, -0.05) is 57.2 Å². The molecular weight excluding hydrogens is 486 g/mol. The molecule has 1 aromatic heterocycles. The van der Waals surface area contributed by atoms with Crippen molar-refractivity contribution in [1.82, 2.24) is 15.2 Å². The van der Waals surface area contributed by atoms with Crippen LogP contribution in [-0.4, -0.2) is 41.3 Å². The number of anilines is 2. The molecule has 1 aliphatic heterocycles. The Balaban J connectivity index is 1.33. The molecule has 0 saturated carbocycles. The van der Waals surface area contributed by atoms with Crippen LogP contribution in [0.2, 0.25) is 0 Å². The minimum absolute atomic E-state index is 0.00276. The summed E-state index contributed by atoms with van der Waals surface area (Å²) in [4.78, 5) is 33.2. The first-order valence-corrected chi connectivity index (χ1v) is 13.7. The summed E-state index contributed by atoms with van der Waals surface area (Å²) in [5.74, 6) is 0.627. The SMILES string of the molecule is CNCc1ccccc1CN(CC(C)(C)C)[C@H](C)C(=O)Nc1ccc2c(c1)CC1(C2)C(=O)Nc2ncccc21. The second kappa shape index (κ2) is 10.5. The molecule has 204 valence electrons. The molecule has 3 N–H and O–H groups in total. The lowest BCUT2D eigenvalue weighted by Crippen LogP contribution is -2.45. The molecule has 5 rings (SSSR count). The van der Waals surface area contributed by atoms with E-state index < -0.39 is 5.41 Å². The van der Waals surface area contributed by atoms with Crippen molar-refractivity contribution in [2.45, 2.75) is 65.1 Å². The van der Waals surface area contributed by atoms with Gasteiger partial charge in [-0.05, 0) is 72.7 Å². The van der Waals surface area contributed by atoms with E-state index in [1.807, 2.05) is 44.3 Å². The van der Waals surface area contributed by atoms with Gasteiger partial charge in [-0.3, -0.25) is 14.5 Å². The number of nitrogens with zero attached hydrogens (tertiary/aromatic N) is 2. The van der Waals surface area contributed by atoms with Gasteiger partial charge >= 0.3 is 0 Å². The number of aromatic nitrogens is 1. The molecule has 2 aliphatic rings. The highest BCUT2D eigenvalue weighted by Gasteiger charge is 2.51. The van der Waals surface area contributed by atoms with E-state index in [1.54, 1.807) is 6.20 Å². The standard InChI is InChI=1S/C32H39N5O2/c1-21(37(20-31(2,3)4)19-24-10-7-6-9-23(24)18-33-5)29(38)35-26-13-12-22-16-32(17-25(22)15-26)27-11-8-14-34-28(27)36-30(32)39/h6-15,21,33H,16-20H2,1-5H3,(H,35,38)(H,34,36,39)/t21-,32?/m1/s1. The van der Waals surface area contributed by atoms with Gasteiger partial charge in [0.25, 0.3) is 0 Å². The van der Waals surface area contributed by atoms with Crippen LogP contribution in [0.25, 0.3) is 0 Å². The maximum atomic E-state index is 13.6. The Bertz CT molecular complexity index is 1400. The summed E-state index contributed by atoms with van der Waals surface area (Å²) < 4.78 is 0. The van der Waals surface area contributed by atoms with Gasteiger partial charge in [0, 0.05) is 37.1 Å². The van der Waals surface area contributed by atoms with E-state index in [9.17, 15) is 9.59 Å². The molecule has 0 fully saturated rings. The first-order valence-electron chi connectivity index (χ1n) is 13.7. The molecule has 0 radical (unpaired) electrons. The van der Waals surface area contributed by atoms with E-state index in [1.165, 1.54) is 11.1 Å². The highest BCUT2D eigenvalue weighted by atomic mass is 16.2. The first-order chi connectivity index (χ1) is 18.6. The van der Waals surface area contributed by atoms with Crippen molar-refractivity contribution in [3.8, 4) is 0 Å². The Morgan fingerprint density at radius 2 is 1.82 bits per heavy atom. The fourth-order valence-corrected chi connectivity index (χ4v) is 5.99. The van der Waals surface area contributed by atoms with Crippen molar-refractivity contribution in [2.75, 3.05) is 24.2 Å². The van der Waals surface area contributed by atoms with E-state index in [4.69, 9.17) is 0 Å². The molecule has 1 aliphatic carbocycles. The van der Waals surface area contributed by atoms with Gasteiger partial charge in [-0.15, -0.1) is 0 Å². The van der Waals surface area contributed by atoms with E-state index in [2.05, 4.69) is 70.9 Å². The number of amides is 2. The minimum Gasteiger partial charge on any atom is -0.325 e. The minimum atomic E-state index is -0.619. The van der Waals surface area contributed by atoms with Crippen LogP contribution in [0.1, 0.15) is 55.5 Å². The second-order valence-electron chi connectivity index (χ2n) is 12.2. The molecule has 2 amide bonds. The van der Waals surface area contributed by atoms with Crippen LogP contribution in [0, 0.1) is 5.41 Å². The fraction of sp³-hybridized carbons (Fsp3) is 0.406. The number of pyridine rings is 1. The van der Waals surface area contributed by atoms with Gasteiger partial charge in [0.05, 0.1) is 11.5 Å². The lowest BCUT2D eigenvalue weighted by Gasteiger charge is -2.34. The summed E-state index contributed by atoms with van der Waals surface area (Å²) in [6, 6.07) is 18.0. The molecule has 0 saturated heterocycles. The molecule has 2 atom stereocenters. The highest BCUT2D eigenvalue weighted by molar-refractivity contribution is 6.06. The van der Waals surface area contributed by atoms with E-state index in [-0.39, 0.29) is 23.3 Å². The number of rotatable bonds is 8. The monoisotopic (exact) mass is 525 g/mol. The third kappa shape index (κ3) is 5.47. The summed E-state index contributed by atoms with van der Waals surface area (Å²) in [6.07, 6.45) is 2.95. The predicted molar refractivity (Wildman–Crippen MR) is 156 cm³/mol. The van der Waals surface area contributed by atoms with E-state index in [0.717, 1.165) is 35.5 Å². The maximum Gasteiger partial charge on any atom is 0.241 e. The van der Waals surface area contributed by atoms with Gasteiger partial charge < -0.3 is 16.0 Å². The van der Waals surface area contributed by atoms with Crippen molar-refractivity contribution < 1.29 is 9.59 Å². The lowest BCUT2D eigenvalue weighted by molar-refractivity contribution is -0.121. The average Bonchev–Trinajstić information content (AvgIpc) is 3.40. The zero-order valence-electron chi connectivity index (χ0n) is 23.6. The van der Waals surface area contributed by atoms with Crippen molar-refractivity contribution in [3.63, 3.8) is 0 Å². The van der Waals surface area contributed by atoms with E-state index in [0.29, 0.717) is 25.2 Å². The number of hydrogen-bond donors (Lipinski definition) is 3. The fourth-order valence-electron chi connectivity index (χ4n) is 5.99. The van der Waals surface area contributed by atoms with Gasteiger partial charge in [-0.2, -0.15) is 0 Å². The number of hydrogen-bond acceptors (Lipinski definition) is 5. The maximum absolute atomic E-state index is 13.6.